The van der Waals surface area contributed by atoms with E-state index in [1.165, 1.54) is 6.42 Å². The van der Waals surface area contributed by atoms with E-state index in [1.807, 2.05) is 7.05 Å². The molecule has 3 atom stereocenters. The first-order valence-electron chi connectivity index (χ1n) is 11.1. The molecule has 2 aliphatic carbocycles. The summed E-state index contributed by atoms with van der Waals surface area (Å²) in [5, 5.41) is 7.12. The third-order valence-corrected chi connectivity index (χ3v) is 7.48. The number of guanidine groups is 1. The van der Waals surface area contributed by atoms with Gasteiger partial charge in [0.2, 0.25) is 5.91 Å². The van der Waals surface area contributed by atoms with Crippen LogP contribution in [0.2, 0.25) is 0 Å². The third kappa shape index (κ3) is 3.75. The molecule has 0 bridgehead atoms. The van der Waals surface area contributed by atoms with Gasteiger partial charge in [0.15, 0.2) is 5.96 Å². The Hall–Kier alpha value is -1.34. The monoisotopic (exact) mass is 391 g/mol. The highest BCUT2D eigenvalue weighted by atomic mass is 16.5. The Labute approximate surface area is 169 Å². The predicted octanol–water partition coefficient (Wildman–Crippen LogP) is 0.909. The Balaban J connectivity index is 1.16. The lowest BCUT2D eigenvalue weighted by atomic mass is 9.57. The molecule has 28 heavy (non-hydrogen) atoms. The predicted molar refractivity (Wildman–Crippen MR) is 110 cm³/mol. The van der Waals surface area contributed by atoms with Crippen molar-refractivity contribution in [2.45, 2.75) is 51.7 Å². The SMILES string of the molecule is CN=C(NCCN1CCN(C(=O)C2CCC2)CC1)NC1C2CCOC2C1(C)C. The number of nitrogens with zero attached hydrogens (tertiary/aromatic N) is 3. The minimum absolute atomic E-state index is 0.155. The van der Waals surface area contributed by atoms with E-state index in [1.54, 1.807) is 0 Å². The van der Waals surface area contributed by atoms with E-state index in [2.05, 4.69) is 39.3 Å². The molecule has 0 aromatic rings. The number of aliphatic imine (C=N–C) groups is 1. The molecular weight excluding hydrogens is 354 g/mol. The average molecular weight is 392 g/mol. The van der Waals surface area contributed by atoms with Gasteiger partial charge >= 0.3 is 0 Å². The highest BCUT2D eigenvalue weighted by molar-refractivity contribution is 5.80. The number of rotatable bonds is 5. The van der Waals surface area contributed by atoms with E-state index in [-0.39, 0.29) is 5.41 Å². The maximum absolute atomic E-state index is 12.4. The van der Waals surface area contributed by atoms with E-state index in [0.717, 1.165) is 71.1 Å². The van der Waals surface area contributed by atoms with Gasteiger partial charge in [0.05, 0.1) is 6.10 Å². The molecular formula is C21H37N5O2. The zero-order valence-corrected chi connectivity index (χ0v) is 17.7. The van der Waals surface area contributed by atoms with Gasteiger partial charge in [-0.15, -0.1) is 0 Å². The molecule has 158 valence electrons. The van der Waals surface area contributed by atoms with Gasteiger partial charge < -0.3 is 20.3 Å². The molecule has 0 aromatic carbocycles. The highest BCUT2D eigenvalue weighted by Crippen LogP contribution is 2.52. The fourth-order valence-electron chi connectivity index (χ4n) is 5.40. The van der Waals surface area contributed by atoms with Crippen LogP contribution < -0.4 is 10.6 Å². The van der Waals surface area contributed by atoms with Crippen LogP contribution in [0.4, 0.5) is 0 Å². The minimum Gasteiger partial charge on any atom is -0.377 e. The van der Waals surface area contributed by atoms with Crippen LogP contribution >= 0.6 is 0 Å². The molecule has 2 saturated carbocycles. The van der Waals surface area contributed by atoms with E-state index >= 15 is 0 Å². The first-order chi connectivity index (χ1) is 13.5. The van der Waals surface area contributed by atoms with E-state index < -0.39 is 0 Å². The smallest absolute Gasteiger partial charge is 0.225 e. The summed E-state index contributed by atoms with van der Waals surface area (Å²) in [6, 6.07) is 0.423. The summed E-state index contributed by atoms with van der Waals surface area (Å²) < 4.78 is 5.89. The van der Waals surface area contributed by atoms with Gasteiger partial charge in [0.25, 0.3) is 0 Å². The molecule has 4 aliphatic rings. The van der Waals surface area contributed by atoms with Gasteiger partial charge in [-0.3, -0.25) is 14.7 Å². The summed E-state index contributed by atoms with van der Waals surface area (Å²) in [7, 11) is 1.84. The van der Waals surface area contributed by atoms with Crippen molar-refractivity contribution in [3.8, 4) is 0 Å². The maximum Gasteiger partial charge on any atom is 0.225 e. The van der Waals surface area contributed by atoms with Crippen LogP contribution in [0.25, 0.3) is 0 Å². The second-order valence-electron chi connectivity index (χ2n) is 9.48. The van der Waals surface area contributed by atoms with Crippen molar-refractivity contribution < 1.29 is 9.53 Å². The number of nitrogens with one attached hydrogen (secondary N) is 2. The Morgan fingerprint density at radius 3 is 2.57 bits per heavy atom. The molecule has 2 heterocycles. The molecule has 2 saturated heterocycles. The number of amides is 1. The molecule has 0 aromatic heterocycles. The first kappa shape index (κ1) is 20.0. The number of hydrogen-bond acceptors (Lipinski definition) is 4. The van der Waals surface area contributed by atoms with Crippen LogP contribution in [0, 0.1) is 17.3 Å². The minimum atomic E-state index is 0.155. The molecule has 7 heteroatoms. The molecule has 0 spiro atoms. The molecule has 1 amide bonds. The number of fused-ring (bicyclic) bond motifs is 1. The van der Waals surface area contributed by atoms with Gasteiger partial charge in [0.1, 0.15) is 0 Å². The quantitative estimate of drug-likeness (QED) is 0.539. The number of piperazine rings is 1. The fourth-order valence-corrected chi connectivity index (χ4v) is 5.40. The van der Waals surface area contributed by atoms with Crippen molar-refractivity contribution in [2.75, 3.05) is 52.9 Å². The topological polar surface area (TPSA) is 69.2 Å². The van der Waals surface area contributed by atoms with Crippen LogP contribution in [0.1, 0.15) is 39.5 Å². The lowest BCUT2D eigenvalue weighted by Gasteiger charge is -2.54. The number of hydrogen-bond donors (Lipinski definition) is 2. The van der Waals surface area contributed by atoms with E-state index in [9.17, 15) is 4.79 Å². The molecule has 2 aliphatic heterocycles. The van der Waals surface area contributed by atoms with Crippen molar-refractivity contribution in [1.82, 2.24) is 20.4 Å². The summed E-state index contributed by atoms with van der Waals surface area (Å²) in [4.78, 5) is 21.3. The van der Waals surface area contributed by atoms with Gasteiger partial charge in [-0.25, -0.2) is 0 Å². The van der Waals surface area contributed by atoms with Crippen LogP contribution in [-0.4, -0.2) is 86.7 Å². The lowest BCUT2D eigenvalue weighted by Crippen LogP contribution is -2.68. The fraction of sp³-hybridized carbons (Fsp3) is 0.905. The molecule has 7 nitrogen and oxygen atoms in total. The standard InChI is InChI=1S/C21H37N5O2/c1-21(2)17(16-7-14-28-18(16)21)24-20(22-3)23-8-9-25-10-12-26(13-11-25)19(27)15-5-4-6-15/h15-18H,4-14H2,1-3H3,(H2,22,23,24). The summed E-state index contributed by atoms with van der Waals surface area (Å²) in [6.45, 7) is 11.0. The molecule has 4 rings (SSSR count). The number of carbonyl (C=O) groups is 1. The van der Waals surface area contributed by atoms with Crippen LogP contribution in [0.15, 0.2) is 4.99 Å². The molecule has 3 unspecified atom stereocenters. The summed E-state index contributed by atoms with van der Waals surface area (Å²) in [6.07, 6.45) is 4.96. The van der Waals surface area contributed by atoms with Gasteiger partial charge in [-0.2, -0.15) is 0 Å². The van der Waals surface area contributed by atoms with Gasteiger partial charge in [-0.1, -0.05) is 20.3 Å². The summed E-state index contributed by atoms with van der Waals surface area (Å²) in [5.41, 5.74) is 0.155. The van der Waals surface area contributed by atoms with Crippen molar-refractivity contribution in [1.29, 1.82) is 0 Å². The van der Waals surface area contributed by atoms with Crippen molar-refractivity contribution >= 4 is 11.9 Å². The second kappa shape index (κ2) is 8.19. The Bertz CT molecular complexity index is 596. The Morgan fingerprint density at radius 1 is 1.18 bits per heavy atom. The van der Waals surface area contributed by atoms with E-state index in [4.69, 9.17) is 4.74 Å². The van der Waals surface area contributed by atoms with Crippen LogP contribution in [-0.2, 0) is 9.53 Å². The largest absolute Gasteiger partial charge is 0.377 e. The molecule has 4 fully saturated rings. The molecule has 0 radical (unpaired) electrons. The van der Waals surface area contributed by atoms with Gasteiger partial charge in [0, 0.05) is 76.2 Å². The third-order valence-electron chi connectivity index (χ3n) is 7.48. The summed E-state index contributed by atoms with van der Waals surface area (Å²) >= 11 is 0. The van der Waals surface area contributed by atoms with Crippen molar-refractivity contribution in [3.63, 3.8) is 0 Å². The number of carbonyl (C=O) groups excluding carboxylic acids is 1. The van der Waals surface area contributed by atoms with Gasteiger partial charge in [-0.05, 0) is 19.3 Å². The first-order valence-corrected chi connectivity index (χ1v) is 11.1. The number of ether oxygens (including phenoxy) is 1. The molecule has 2 N–H and O–H groups in total. The van der Waals surface area contributed by atoms with Crippen molar-refractivity contribution in [2.24, 2.45) is 22.2 Å². The normalized spacial score (nSPS) is 33.0. The van der Waals surface area contributed by atoms with Crippen LogP contribution in [0.3, 0.4) is 0 Å². The second-order valence-corrected chi connectivity index (χ2v) is 9.48. The zero-order chi connectivity index (χ0) is 19.7. The average Bonchev–Trinajstić information content (AvgIpc) is 3.10. The zero-order valence-electron chi connectivity index (χ0n) is 17.7. The Kier molecular flexibility index (Phi) is 5.83. The van der Waals surface area contributed by atoms with E-state index in [0.29, 0.717) is 29.9 Å². The Morgan fingerprint density at radius 2 is 1.93 bits per heavy atom. The van der Waals surface area contributed by atoms with Crippen molar-refractivity contribution in [3.05, 3.63) is 0 Å². The summed E-state index contributed by atoms with van der Waals surface area (Å²) in [5.74, 6) is 2.21. The lowest BCUT2D eigenvalue weighted by molar-refractivity contribution is -0.139. The maximum atomic E-state index is 12.4. The van der Waals surface area contributed by atoms with Crippen LogP contribution in [0.5, 0.6) is 0 Å². The highest BCUT2D eigenvalue weighted by Gasteiger charge is 2.59.